The lowest BCUT2D eigenvalue weighted by molar-refractivity contribution is -0.111. The average Bonchev–Trinajstić information content (AvgIpc) is 2.52. The van der Waals surface area contributed by atoms with Crippen molar-refractivity contribution >= 4 is 35.3 Å². The Hall–Kier alpha value is -2.74. The third-order valence-electron chi connectivity index (χ3n) is 3.30. The van der Waals surface area contributed by atoms with Crippen LogP contribution >= 0.6 is 11.8 Å². The molecular weight excluding hydrogens is 365 g/mol. The second kappa shape index (κ2) is 8.09. The Bertz CT molecular complexity index is 847. The summed E-state index contributed by atoms with van der Waals surface area (Å²) in [5, 5.41) is 2.63. The van der Waals surface area contributed by atoms with Crippen LogP contribution in [-0.2, 0) is 4.79 Å². The summed E-state index contributed by atoms with van der Waals surface area (Å²) in [5.74, 6) is -0.961. The zero-order valence-electron chi connectivity index (χ0n) is 13.6. The van der Waals surface area contributed by atoms with E-state index < -0.39 is 17.3 Å². The van der Waals surface area contributed by atoms with Crippen molar-refractivity contribution < 1.29 is 22.8 Å². The summed E-state index contributed by atoms with van der Waals surface area (Å²) in [6, 6.07) is 10.3. The molecule has 2 rings (SSSR count). The van der Waals surface area contributed by atoms with E-state index in [2.05, 4.69) is 5.32 Å². The molecule has 0 aliphatic carbocycles. The van der Waals surface area contributed by atoms with E-state index in [1.54, 1.807) is 19.1 Å². The van der Waals surface area contributed by atoms with E-state index in [1.165, 1.54) is 42.5 Å². The van der Waals surface area contributed by atoms with Crippen LogP contribution in [0.15, 0.2) is 53.4 Å². The van der Waals surface area contributed by atoms with Gasteiger partial charge < -0.3 is 11.1 Å². The average molecular weight is 380 g/mol. The number of benzene rings is 2. The zero-order valence-corrected chi connectivity index (χ0v) is 14.4. The van der Waals surface area contributed by atoms with Crippen molar-refractivity contribution in [1.82, 2.24) is 0 Å². The van der Waals surface area contributed by atoms with Crippen LogP contribution in [0.5, 0.6) is 0 Å². The van der Waals surface area contributed by atoms with Gasteiger partial charge in [0.1, 0.15) is 0 Å². The number of thioether (sulfide) groups is 1. The molecule has 8 heteroatoms. The van der Waals surface area contributed by atoms with Gasteiger partial charge in [-0.1, -0.05) is 12.1 Å². The van der Waals surface area contributed by atoms with Crippen LogP contribution in [-0.4, -0.2) is 17.3 Å². The molecule has 2 aromatic rings. The molecule has 136 valence electrons. The van der Waals surface area contributed by atoms with E-state index in [9.17, 15) is 22.8 Å². The van der Waals surface area contributed by atoms with Gasteiger partial charge in [-0.15, -0.1) is 0 Å². The molecule has 0 radical (unpaired) electrons. The van der Waals surface area contributed by atoms with Crippen molar-refractivity contribution in [2.45, 2.75) is 17.3 Å². The number of alkyl halides is 3. The smallest absolute Gasteiger partial charge is 0.366 e. The number of aryl methyl sites for hydroxylation is 1. The molecule has 0 heterocycles. The summed E-state index contributed by atoms with van der Waals surface area (Å²) in [5.41, 5.74) is 2.98. The standard InChI is InChI=1S/C18H15F3N2O2S/c1-11-10-13(5-8-15(11)17(22)25)23-16(24)9-4-12-2-6-14(7-3-12)26-18(19,20)21/h2-10H,1H3,(H2,22,25)(H,23,24)/b9-4+. The van der Waals surface area contributed by atoms with Crippen molar-refractivity contribution in [1.29, 1.82) is 0 Å². The van der Waals surface area contributed by atoms with Gasteiger partial charge in [0.25, 0.3) is 0 Å². The molecule has 0 unspecified atom stereocenters. The maximum absolute atomic E-state index is 12.3. The third-order valence-corrected chi connectivity index (χ3v) is 4.04. The van der Waals surface area contributed by atoms with Crippen LogP contribution in [0.4, 0.5) is 18.9 Å². The molecule has 0 saturated heterocycles. The van der Waals surface area contributed by atoms with Gasteiger partial charge in [-0.25, -0.2) is 0 Å². The van der Waals surface area contributed by atoms with Gasteiger partial charge in [-0.2, -0.15) is 13.2 Å². The van der Waals surface area contributed by atoms with E-state index in [-0.39, 0.29) is 16.7 Å². The number of anilines is 1. The maximum atomic E-state index is 12.3. The molecule has 0 spiro atoms. The van der Waals surface area contributed by atoms with Crippen molar-refractivity contribution in [2.24, 2.45) is 5.73 Å². The molecule has 3 N–H and O–H groups in total. The van der Waals surface area contributed by atoms with E-state index in [1.807, 2.05) is 0 Å². The van der Waals surface area contributed by atoms with Crippen molar-refractivity contribution in [3.8, 4) is 0 Å². The highest BCUT2D eigenvalue weighted by Gasteiger charge is 2.28. The minimum absolute atomic E-state index is 0.0733. The summed E-state index contributed by atoms with van der Waals surface area (Å²) < 4.78 is 36.8. The number of rotatable bonds is 5. The lowest BCUT2D eigenvalue weighted by Crippen LogP contribution is -2.13. The molecule has 0 aliphatic rings. The van der Waals surface area contributed by atoms with Gasteiger partial charge in [-0.3, -0.25) is 9.59 Å². The summed E-state index contributed by atoms with van der Waals surface area (Å²) in [6.45, 7) is 1.70. The third kappa shape index (κ3) is 5.96. The summed E-state index contributed by atoms with van der Waals surface area (Å²) in [6.07, 6.45) is 2.76. The molecule has 0 atom stereocenters. The summed E-state index contributed by atoms with van der Waals surface area (Å²) in [4.78, 5) is 23.2. The largest absolute Gasteiger partial charge is 0.446 e. The monoisotopic (exact) mass is 380 g/mol. The fraction of sp³-hybridized carbons (Fsp3) is 0.111. The number of primary amides is 1. The van der Waals surface area contributed by atoms with E-state index in [4.69, 9.17) is 5.73 Å². The number of halogens is 3. The Morgan fingerprint density at radius 1 is 1.12 bits per heavy atom. The fourth-order valence-corrected chi connectivity index (χ4v) is 2.69. The van der Waals surface area contributed by atoms with Crippen LogP contribution in [0.2, 0.25) is 0 Å². The Labute approximate surface area is 152 Å². The molecule has 4 nitrogen and oxygen atoms in total. The van der Waals surface area contributed by atoms with E-state index in [0.717, 1.165) is 0 Å². The lowest BCUT2D eigenvalue weighted by Gasteiger charge is -2.06. The fourth-order valence-electron chi connectivity index (χ4n) is 2.15. The second-order valence-corrected chi connectivity index (χ2v) is 6.47. The van der Waals surface area contributed by atoms with Crippen LogP contribution < -0.4 is 11.1 Å². The number of hydrogen-bond donors (Lipinski definition) is 2. The molecular formula is C18H15F3N2O2S. The normalized spacial score (nSPS) is 11.5. The first-order chi connectivity index (χ1) is 12.1. The second-order valence-electron chi connectivity index (χ2n) is 5.33. The highest BCUT2D eigenvalue weighted by molar-refractivity contribution is 8.00. The van der Waals surface area contributed by atoms with Gasteiger partial charge in [0.15, 0.2) is 0 Å². The van der Waals surface area contributed by atoms with Crippen molar-refractivity contribution in [2.75, 3.05) is 5.32 Å². The Kier molecular flexibility index (Phi) is 6.10. The van der Waals surface area contributed by atoms with Gasteiger partial charge in [0.05, 0.1) is 0 Å². The Morgan fingerprint density at radius 3 is 2.31 bits per heavy atom. The minimum Gasteiger partial charge on any atom is -0.366 e. The van der Waals surface area contributed by atoms with Gasteiger partial charge in [0.2, 0.25) is 11.8 Å². The number of carbonyl (C=O) groups excluding carboxylic acids is 2. The van der Waals surface area contributed by atoms with Crippen molar-refractivity contribution in [3.05, 3.63) is 65.2 Å². The van der Waals surface area contributed by atoms with E-state index >= 15 is 0 Å². The number of hydrogen-bond acceptors (Lipinski definition) is 3. The molecule has 26 heavy (non-hydrogen) atoms. The maximum Gasteiger partial charge on any atom is 0.446 e. The molecule has 0 fully saturated rings. The quantitative estimate of drug-likeness (QED) is 0.598. The molecule has 0 bridgehead atoms. The molecule has 0 saturated carbocycles. The molecule has 0 aromatic heterocycles. The Balaban J connectivity index is 1.99. The van der Waals surface area contributed by atoms with Crippen LogP contribution in [0, 0.1) is 6.92 Å². The molecule has 2 aromatic carbocycles. The van der Waals surface area contributed by atoms with Gasteiger partial charge >= 0.3 is 5.51 Å². The first-order valence-electron chi connectivity index (χ1n) is 7.39. The first kappa shape index (κ1) is 19.6. The SMILES string of the molecule is Cc1cc(NC(=O)/C=C/c2ccc(SC(F)(F)F)cc2)ccc1C(N)=O. The predicted octanol–water partition coefficient (Wildman–Crippen LogP) is 4.36. The van der Waals surface area contributed by atoms with E-state index in [0.29, 0.717) is 22.4 Å². The number of nitrogens with two attached hydrogens (primary N) is 1. The predicted molar refractivity (Wildman–Crippen MR) is 95.7 cm³/mol. The van der Waals surface area contributed by atoms with Gasteiger partial charge in [0, 0.05) is 22.2 Å². The zero-order chi connectivity index (χ0) is 19.3. The van der Waals surface area contributed by atoms with Crippen molar-refractivity contribution in [3.63, 3.8) is 0 Å². The highest BCUT2D eigenvalue weighted by atomic mass is 32.2. The van der Waals surface area contributed by atoms with Crippen LogP contribution in [0.25, 0.3) is 6.08 Å². The number of carbonyl (C=O) groups is 2. The van der Waals surface area contributed by atoms with Crippen LogP contribution in [0.3, 0.4) is 0 Å². The summed E-state index contributed by atoms with van der Waals surface area (Å²) >= 11 is -0.196. The highest BCUT2D eigenvalue weighted by Crippen LogP contribution is 2.36. The molecule has 0 aliphatic heterocycles. The number of nitrogens with one attached hydrogen (secondary N) is 1. The minimum atomic E-state index is -4.33. The summed E-state index contributed by atoms with van der Waals surface area (Å²) in [7, 11) is 0. The topological polar surface area (TPSA) is 72.2 Å². The van der Waals surface area contributed by atoms with Crippen LogP contribution in [0.1, 0.15) is 21.5 Å². The first-order valence-corrected chi connectivity index (χ1v) is 8.21. The Morgan fingerprint density at radius 2 is 1.77 bits per heavy atom. The van der Waals surface area contributed by atoms with Gasteiger partial charge in [-0.05, 0) is 66.2 Å². The lowest BCUT2D eigenvalue weighted by atomic mass is 10.1. The molecule has 2 amide bonds. The number of amides is 2.